The van der Waals surface area contributed by atoms with Crippen LogP contribution in [0.3, 0.4) is 0 Å². The summed E-state index contributed by atoms with van der Waals surface area (Å²) in [6, 6.07) is 11.8. The van der Waals surface area contributed by atoms with Gasteiger partial charge in [-0.1, -0.05) is 30.3 Å². The van der Waals surface area contributed by atoms with E-state index in [1.54, 1.807) is 0 Å². The van der Waals surface area contributed by atoms with E-state index >= 15 is 0 Å². The fraction of sp³-hybridized carbons (Fsp3) is 0.286. The van der Waals surface area contributed by atoms with E-state index in [4.69, 9.17) is 17.0 Å². The topological polar surface area (TPSA) is 68.2 Å². The largest absolute Gasteiger partial charge is 0.465 e. The van der Waals surface area contributed by atoms with Crippen molar-refractivity contribution in [1.29, 1.82) is 0 Å². The van der Waals surface area contributed by atoms with Crippen LogP contribution >= 0.6 is 23.6 Å². The summed E-state index contributed by atoms with van der Waals surface area (Å²) in [6.45, 7) is 5.48. The third-order valence-electron chi connectivity index (χ3n) is 4.39. The molecule has 0 saturated heterocycles. The smallest absolute Gasteiger partial charge is 0.341 e. The zero-order valence-electron chi connectivity index (χ0n) is 16.7. The Kier molecular flexibility index (Phi) is 7.00. The van der Waals surface area contributed by atoms with Crippen molar-refractivity contribution in [3.8, 4) is 11.1 Å². The van der Waals surface area contributed by atoms with Crippen molar-refractivity contribution in [2.75, 3.05) is 19.0 Å². The molecular weight excluding hydrogens is 404 g/mol. The Labute approximate surface area is 179 Å². The number of esters is 1. The molecule has 29 heavy (non-hydrogen) atoms. The number of anilines is 1. The maximum absolute atomic E-state index is 12.5. The van der Waals surface area contributed by atoms with E-state index in [1.807, 2.05) is 61.1 Å². The van der Waals surface area contributed by atoms with E-state index in [0.717, 1.165) is 34.7 Å². The molecule has 0 unspecified atom stereocenters. The molecule has 0 bridgehead atoms. The monoisotopic (exact) mass is 428 g/mol. The summed E-state index contributed by atoms with van der Waals surface area (Å²) in [4.78, 5) is 13.5. The highest BCUT2D eigenvalue weighted by molar-refractivity contribution is 7.80. The first-order chi connectivity index (χ1) is 14.0. The number of aromatic nitrogens is 2. The molecule has 0 amide bonds. The number of benzene rings is 1. The summed E-state index contributed by atoms with van der Waals surface area (Å²) in [5.41, 5.74) is 3.37. The van der Waals surface area contributed by atoms with Gasteiger partial charge in [-0.05, 0) is 44.1 Å². The van der Waals surface area contributed by atoms with Gasteiger partial charge in [-0.15, -0.1) is 11.3 Å². The molecule has 2 heterocycles. The minimum atomic E-state index is -0.382. The quantitative estimate of drug-likeness (QED) is 0.330. The van der Waals surface area contributed by atoms with Crippen LogP contribution in [0.4, 0.5) is 5.00 Å². The van der Waals surface area contributed by atoms with Crippen molar-refractivity contribution in [1.82, 2.24) is 15.1 Å². The lowest BCUT2D eigenvalue weighted by atomic mass is 10.0. The second-order valence-corrected chi connectivity index (χ2v) is 8.18. The molecule has 152 valence electrons. The summed E-state index contributed by atoms with van der Waals surface area (Å²) in [6.07, 6.45) is 2.85. The van der Waals surface area contributed by atoms with Crippen LogP contribution in [0.15, 0.2) is 42.6 Å². The summed E-state index contributed by atoms with van der Waals surface area (Å²) in [5, 5.41) is 11.9. The van der Waals surface area contributed by atoms with Gasteiger partial charge in [0.25, 0.3) is 0 Å². The summed E-state index contributed by atoms with van der Waals surface area (Å²) in [7, 11) is 1.39. The average molecular weight is 429 g/mol. The number of aryl methyl sites for hydroxylation is 3. The highest BCUT2D eigenvalue weighted by Crippen LogP contribution is 2.40. The molecule has 0 fully saturated rings. The molecule has 1 aromatic carbocycles. The van der Waals surface area contributed by atoms with E-state index in [2.05, 4.69) is 15.7 Å². The Morgan fingerprint density at radius 3 is 2.66 bits per heavy atom. The van der Waals surface area contributed by atoms with E-state index in [0.29, 0.717) is 22.2 Å². The number of hydrogen-bond donors (Lipinski definition) is 2. The number of ether oxygens (including phenoxy) is 1. The third-order valence-corrected chi connectivity index (χ3v) is 5.65. The van der Waals surface area contributed by atoms with Crippen molar-refractivity contribution in [2.24, 2.45) is 0 Å². The number of carbonyl (C=O) groups is 1. The average Bonchev–Trinajstić information content (AvgIpc) is 3.27. The molecule has 3 aromatic rings. The van der Waals surface area contributed by atoms with Gasteiger partial charge in [0.15, 0.2) is 5.11 Å². The lowest BCUT2D eigenvalue weighted by Crippen LogP contribution is -2.30. The fourth-order valence-corrected chi connectivity index (χ4v) is 4.40. The van der Waals surface area contributed by atoms with Crippen LogP contribution in [0, 0.1) is 13.8 Å². The first-order valence-electron chi connectivity index (χ1n) is 9.31. The molecule has 0 aliphatic heterocycles. The molecule has 0 atom stereocenters. The van der Waals surface area contributed by atoms with Crippen molar-refractivity contribution in [3.05, 3.63) is 58.7 Å². The van der Waals surface area contributed by atoms with Crippen LogP contribution in [0.2, 0.25) is 0 Å². The second-order valence-electron chi connectivity index (χ2n) is 6.55. The minimum absolute atomic E-state index is 0.382. The minimum Gasteiger partial charge on any atom is -0.465 e. The highest BCUT2D eigenvalue weighted by atomic mass is 32.1. The third kappa shape index (κ3) is 5.21. The Hall–Kier alpha value is -2.71. The van der Waals surface area contributed by atoms with Crippen LogP contribution in [-0.2, 0) is 11.3 Å². The Bertz CT molecular complexity index is 996. The van der Waals surface area contributed by atoms with E-state index < -0.39 is 0 Å². The maximum atomic E-state index is 12.5. The number of thiocarbonyl (C=S) groups is 1. The van der Waals surface area contributed by atoms with E-state index in [9.17, 15) is 4.79 Å². The van der Waals surface area contributed by atoms with E-state index in [1.165, 1.54) is 18.4 Å². The highest BCUT2D eigenvalue weighted by Gasteiger charge is 2.24. The zero-order chi connectivity index (χ0) is 20.8. The van der Waals surface area contributed by atoms with Gasteiger partial charge in [0.05, 0.1) is 12.8 Å². The standard InChI is InChI=1S/C21H24N4O2S2/c1-14-10-13-25(24-14)12-7-11-22-21(28)23-19-18(20(26)27-3)17(15(2)29-19)16-8-5-4-6-9-16/h4-6,8-10,13H,7,11-12H2,1-3H3,(H2,22,23,28). The number of nitrogens with one attached hydrogen (secondary N) is 2. The summed E-state index contributed by atoms with van der Waals surface area (Å²) in [5.74, 6) is -0.382. The van der Waals surface area contributed by atoms with Crippen LogP contribution in [0.1, 0.15) is 27.3 Å². The summed E-state index contributed by atoms with van der Waals surface area (Å²) < 4.78 is 6.95. The SMILES string of the molecule is COC(=O)c1c(NC(=S)NCCCn2ccc(C)n2)sc(C)c1-c1ccccc1. The molecule has 6 nitrogen and oxygen atoms in total. The molecule has 0 radical (unpaired) electrons. The Morgan fingerprint density at radius 1 is 1.24 bits per heavy atom. The van der Waals surface area contributed by atoms with Crippen LogP contribution in [0.5, 0.6) is 0 Å². The number of methoxy groups -OCH3 is 1. The number of rotatable bonds is 7. The molecule has 0 saturated carbocycles. The van der Waals surface area contributed by atoms with Crippen LogP contribution < -0.4 is 10.6 Å². The number of nitrogens with zero attached hydrogens (tertiary/aromatic N) is 2. The van der Waals surface area contributed by atoms with Crippen molar-refractivity contribution < 1.29 is 9.53 Å². The van der Waals surface area contributed by atoms with Gasteiger partial charge in [-0.2, -0.15) is 5.10 Å². The van der Waals surface area contributed by atoms with Gasteiger partial charge in [0, 0.05) is 29.7 Å². The number of thiophene rings is 1. The lowest BCUT2D eigenvalue weighted by molar-refractivity contribution is 0.0603. The molecule has 0 spiro atoms. The fourth-order valence-electron chi connectivity index (χ4n) is 3.06. The second kappa shape index (κ2) is 9.67. The van der Waals surface area contributed by atoms with Gasteiger partial charge in [0.2, 0.25) is 0 Å². The van der Waals surface area contributed by atoms with Crippen molar-refractivity contribution in [3.63, 3.8) is 0 Å². The van der Waals surface area contributed by atoms with Crippen LogP contribution in [0.25, 0.3) is 11.1 Å². The molecular formula is C21H24N4O2S2. The maximum Gasteiger partial charge on any atom is 0.341 e. The van der Waals surface area contributed by atoms with Gasteiger partial charge in [-0.25, -0.2) is 4.79 Å². The van der Waals surface area contributed by atoms with Gasteiger partial charge < -0.3 is 15.4 Å². The summed E-state index contributed by atoms with van der Waals surface area (Å²) >= 11 is 6.92. The lowest BCUT2D eigenvalue weighted by Gasteiger charge is -2.11. The first kappa shape index (κ1) is 21.0. The number of hydrogen-bond acceptors (Lipinski definition) is 5. The normalized spacial score (nSPS) is 10.6. The zero-order valence-corrected chi connectivity index (χ0v) is 18.3. The molecule has 0 aliphatic carbocycles. The van der Waals surface area contributed by atoms with Gasteiger partial charge >= 0.3 is 5.97 Å². The van der Waals surface area contributed by atoms with Crippen molar-refractivity contribution >= 4 is 39.6 Å². The van der Waals surface area contributed by atoms with E-state index in [-0.39, 0.29) is 5.97 Å². The van der Waals surface area contributed by atoms with Gasteiger partial charge in [-0.3, -0.25) is 4.68 Å². The molecule has 2 aromatic heterocycles. The molecule has 3 rings (SSSR count). The molecule has 0 aliphatic rings. The molecule has 8 heteroatoms. The number of carbonyl (C=O) groups excluding carboxylic acids is 1. The Morgan fingerprint density at radius 2 is 2.00 bits per heavy atom. The van der Waals surface area contributed by atoms with Crippen molar-refractivity contribution in [2.45, 2.75) is 26.8 Å². The first-order valence-corrected chi connectivity index (χ1v) is 10.5. The van der Waals surface area contributed by atoms with Crippen LogP contribution in [-0.4, -0.2) is 34.5 Å². The predicted octanol–water partition coefficient (Wildman–Crippen LogP) is 4.39. The van der Waals surface area contributed by atoms with Gasteiger partial charge in [0.1, 0.15) is 10.6 Å². The Balaban J connectivity index is 1.68. The molecule has 2 N–H and O–H groups in total. The predicted molar refractivity (Wildman–Crippen MR) is 122 cm³/mol.